The Bertz CT molecular complexity index is 1140. The Morgan fingerprint density at radius 3 is 2.39 bits per heavy atom. The lowest BCUT2D eigenvalue weighted by Crippen LogP contribution is -2.19. The van der Waals surface area contributed by atoms with Gasteiger partial charge in [-0.15, -0.1) is 5.10 Å². The minimum absolute atomic E-state index is 0.120. The molecule has 1 heterocycles. The lowest BCUT2D eigenvalue weighted by atomic mass is 10.2. The summed E-state index contributed by atoms with van der Waals surface area (Å²) in [6.45, 7) is 1.54. The lowest BCUT2D eigenvalue weighted by molar-refractivity contribution is -0.385. The molecule has 0 aliphatic heterocycles. The zero-order valence-corrected chi connectivity index (χ0v) is 16.5. The summed E-state index contributed by atoms with van der Waals surface area (Å²) in [4.78, 5) is 33.3. The minimum atomic E-state index is -0.685. The first-order valence-electron chi connectivity index (χ1n) is 8.85. The van der Waals surface area contributed by atoms with Gasteiger partial charge in [-0.1, -0.05) is 17.7 Å². The van der Waals surface area contributed by atoms with Gasteiger partial charge < -0.3 is 14.8 Å². The highest BCUT2D eigenvalue weighted by Gasteiger charge is 2.21. The van der Waals surface area contributed by atoms with Gasteiger partial charge >= 0.3 is 11.6 Å². The van der Waals surface area contributed by atoms with E-state index in [1.807, 2.05) is 19.1 Å². The molecule has 0 fully saturated rings. The van der Waals surface area contributed by atoms with Gasteiger partial charge in [0.15, 0.2) is 0 Å². The third kappa shape index (κ3) is 5.32. The highest BCUT2D eigenvalue weighted by molar-refractivity contribution is 5.91. The van der Waals surface area contributed by atoms with E-state index in [4.69, 9.17) is 9.47 Å². The van der Waals surface area contributed by atoms with Gasteiger partial charge in [0.05, 0.1) is 28.7 Å². The Morgan fingerprint density at radius 1 is 1.10 bits per heavy atom. The van der Waals surface area contributed by atoms with Crippen molar-refractivity contribution < 1.29 is 24.1 Å². The number of hydrogen-bond donors (Lipinski definition) is 1. The van der Waals surface area contributed by atoms with E-state index in [0.717, 1.165) is 16.4 Å². The maximum atomic E-state index is 12.4. The largest absolute Gasteiger partial charge is 0.475 e. The number of benzene rings is 2. The van der Waals surface area contributed by atoms with Crippen molar-refractivity contribution in [3.8, 4) is 17.4 Å². The molecule has 0 aliphatic carbocycles. The van der Waals surface area contributed by atoms with E-state index in [1.54, 1.807) is 12.1 Å². The molecule has 12 nitrogen and oxygen atoms in total. The van der Waals surface area contributed by atoms with Crippen molar-refractivity contribution in [2.24, 2.45) is 0 Å². The first kappa shape index (κ1) is 21.2. The molecule has 0 spiro atoms. The van der Waals surface area contributed by atoms with Crippen LogP contribution in [0.15, 0.2) is 48.7 Å². The van der Waals surface area contributed by atoms with Crippen LogP contribution in [0.4, 0.5) is 17.1 Å². The Hall–Kier alpha value is -4.48. The third-order valence-electron chi connectivity index (χ3n) is 4.05. The molecule has 0 unspecified atom stereocenters. The number of nitro groups is 2. The average molecular weight is 427 g/mol. The second-order valence-corrected chi connectivity index (χ2v) is 6.41. The van der Waals surface area contributed by atoms with Gasteiger partial charge in [0.2, 0.25) is 5.91 Å². The highest BCUT2D eigenvalue weighted by Crippen LogP contribution is 2.30. The van der Waals surface area contributed by atoms with E-state index in [1.165, 1.54) is 25.3 Å². The van der Waals surface area contributed by atoms with Crippen molar-refractivity contribution >= 4 is 23.0 Å². The van der Waals surface area contributed by atoms with Crippen molar-refractivity contribution in [2.45, 2.75) is 13.5 Å². The summed E-state index contributed by atoms with van der Waals surface area (Å²) >= 11 is 0. The fraction of sp³-hybridized carbons (Fsp3) is 0.158. The van der Waals surface area contributed by atoms with Crippen LogP contribution in [-0.2, 0) is 11.3 Å². The van der Waals surface area contributed by atoms with Crippen molar-refractivity contribution in [3.05, 3.63) is 74.5 Å². The Kier molecular flexibility index (Phi) is 6.10. The molecule has 0 aliphatic rings. The van der Waals surface area contributed by atoms with E-state index >= 15 is 0 Å². The number of ether oxygens (including phenoxy) is 2. The molecule has 1 amide bonds. The number of rotatable bonds is 8. The molecule has 2 aromatic carbocycles. The van der Waals surface area contributed by atoms with Gasteiger partial charge in [0, 0.05) is 12.1 Å². The number of nitrogens with one attached hydrogen (secondary N) is 1. The first-order valence-corrected chi connectivity index (χ1v) is 8.85. The molecule has 0 saturated heterocycles. The van der Waals surface area contributed by atoms with Gasteiger partial charge in [-0.25, -0.2) is 0 Å². The van der Waals surface area contributed by atoms with Crippen molar-refractivity contribution in [2.75, 3.05) is 12.4 Å². The number of nitro benzene ring substituents is 1. The monoisotopic (exact) mass is 427 g/mol. The van der Waals surface area contributed by atoms with Crippen LogP contribution in [0.25, 0.3) is 0 Å². The van der Waals surface area contributed by atoms with Crippen LogP contribution in [-0.4, -0.2) is 32.6 Å². The van der Waals surface area contributed by atoms with Gasteiger partial charge in [-0.3, -0.25) is 29.7 Å². The number of anilines is 1. The van der Waals surface area contributed by atoms with Crippen LogP contribution < -0.4 is 14.8 Å². The van der Waals surface area contributed by atoms with E-state index in [0.29, 0.717) is 5.75 Å². The number of hydrogen-bond acceptors (Lipinski definition) is 8. The van der Waals surface area contributed by atoms with Gasteiger partial charge in [0.25, 0.3) is 5.69 Å². The van der Waals surface area contributed by atoms with Crippen molar-refractivity contribution in [3.63, 3.8) is 0 Å². The number of aryl methyl sites for hydroxylation is 1. The second kappa shape index (κ2) is 8.90. The van der Waals surface area contributed by atoms with E-state index in [9.17, 15) is 25.0 Å². The van der Waals surface area contributed by atoms with Crippen molar-refractivity contribution in [1.82, 2.24) is 9.78 Å². The summed E-state index contributed by atoms with van der Waals surface area (Å²) < 4.78 is 11.5. The predicted molar refractivity (Wildman–Crippen MR) is 108 cm³/mol. The smallest absolute Gasteiger partial charge is 0.350 e. The molecule has 3 rings (SSSR count). The molecular weight excluding hydrogens is 410 g/mol. The molecule has 31 heavy (non-hydrogen) atoms. The average Bonchev–Trinajstić information content (AvgIpc) is 3.12. The number of amides is 1. The Labute approximate surface area is 175 Å². The van der Waals surface area contributed by atoms with Crippen LogP contribution in [0.5, 0.6) is 17.4 Å². The summed E-state index contributed by atoms with van der Waals surface area (Å²) in [5, 5.41) is 28.6. The summed E-state index contributed by atoms with van der Waals surface area (Å²) in [6, 6.07) is 10.9. The van der Waals surface area contributed by atoms with Crippen LogP contribution in [0.3, 0.4) is 0 Å². The molecule has 0 atom stereocenters. The normalized spacial score (nSPS) is 10.4. The molecular formula is C19H17N5O7. The van der Waals surface area contributed by atoms with Crippen LogP contribution in [0.2, 0.25) is 0 Å². The van der Waals surface area contributed by atoms with E-state index in [-0.39, 0.29) is 35.2 Å². The third-order valence-corrected chi connectivity index (χ3v) is 4.05. The first-order chi connectivity index (χ1) is 14.7. The Morgan fingerprint density at radius 2 is 1.81 bits per heavy atom. The van der Waals surface area contributed by atoms with Crippen LogP contribution in [0, 0.1) is 27.2 Å². The summed E-state index contributed by atoms with van der Waals surface area (Å²) in [6.07, 6.45) is 1.05. The lowest BCUT2D eigenvalue weighted by Gasteiger charge is -2.10. The number of nitrogens with zero attached hydrogens (tertiary/aromatic N) is 4. The minimum Gasteiger partial charge on any atom is -0.475 e. The van der Waals surface area contributed by atoms with E-state index in [2.05, 4.69) is 10.4 Å². The molecule has 0 radical (unpaired) electrons. The SMILES string of the molecule is COc1nn(CC(=O)Nc2cc(Oc3ccc(C)cc3)cc([N+](=O)[O-])c2)cc1[N+](=O)[O-]. The van der Waals surface area contributed by atoms with Crippen molar-refractivity contribution in [1.29, 1.82) is 0 Å². The fourth-order valence-electron chi connectivity index (χ4n) is 2.65. The number of carbonyl (C=O) groups is 1. The highest BCUT2D eigenvalue weighted by atomic mass is 16.6. The molecule has 0 bridgehead atoms. The molecule has 160 valence electrons. The fourth-order valence-corrected chi connectivity index (χ4v) is 2.65. The second-order valence-electron chi connectivity index (χ2n) is 6.41. The van der Waals surface area contributed by atoms with Crippen LogP contribution in [0.1, 0.15) is 5.56 Å². The Balaban J connectivity index is 1.79. The maximum absolute atomic E-state index is 12.4. The molecule has 3 aromatic rings. The van der Waals surface area contributed by atoms with Gasteiger partial charge in [-0.05, 0) is 19.1 Å². The zero-order valence-electron chi connectivity index (χ0n) is 16.5. The van der Waals surface area contributed by atoms with Crippen LogP contribution >= 0.6 is 0 Å². The maximum Gasteiger partial charge on any atom is 0.350 e. The number of aromatic nitrogens is 2. The molecule has 0 saturated carbocycles. The molecule has 12 heteroatoms. The van der Waals surface area contributed by atoms with Gasteiger partial charge in [0.1, 0.15) is 24.2 Å². The molecule has 1 aromatic heterocycles. The summed E-state index contributed by atoms with van der Waals surface area (Å²) in [5.41, 5.74) is 0.473. The predicted octanol–water partition coefficient (Wildman–Crippen LogP) is 3.45. The number of carbonyl (C=O) groups excluding carboxylic acids is 1. The zero-order chi connectivity index (χ0) is 22.5. The number of methoxy groups -OCH3 is 1. The standard InChI is InChI=1S/C19H17N5O7/c1-12-3-5-15(6-4-12)31-16-8-13(7-14(9-16)23(26)27)20-18(25)11-22-10-17(24(28)29)19(21-22)30-2/h3-10H,11H2,1-2H3,(H,20,25). The summed E-state index contributed by atoms with van der Waals surface area (Å²) in [5.74, 6) is -0.215. The quantitative estimate of drug-likeness (QED) is 0.424. The van der Waals surface area contributed by atoms with E-state index < -0.39 is 15.8 Å². The molecule has 1 N–H and O–H groups in total. The summed E-state index contributed by atoms with van der Waals surface area (Å²) in [7, 11) is 1.22. The topological polar surface area (TPSA) is 152 Å². The van der Waals surface area contributed by atoms with Gasteiger partial charge in [-0.2, -0.15) is 0 Å². The number of non-ortho nitro benzene ring substituents is 1.